The number of rotatable bonds is 6. The summed E-state index contributed by atoms with van der Waals surface area (Å²) in [5.74, 6) is 0.0310. The predicted octanol–water partition coefficient (Wildman–Crippen LogP) is 6.40. The Labute approximate surface area is 164 Å². The van der Waals surface area contributed by atoms with Crippen molar-refractivity contribution in [2.75, 3.05) is 10.6 Å². The predicted molar refractivity (Wildman–Crippen MR) is 116 cm³/mol. The monoisotopic (exact) mass is 364 g/mol. The summed E-state index contributed by atoms with van der Waals surface area (Å²) in [6.45, 7) is 0. The lowest BCUT2D eigenvalue weighted by atomic mass is 10.0. The zero-order valence-electron chi connectivity index (χ0n) is 15.3. The SMILES string of the molecule is O=C(c1ccccc1)c1ccc(Nc2ccc(Nc3ccccc3)cc2)cc1. The molecule has 2 N–H and O–H groups in total. The fraction of sp³-hybridized carbons (Fsp3) is 0. The number of hydrogen-bond acceptors (Lipinski definition) is 3. The normalized spacial score (nSPS) is 10.3. The summed E-state index contributed by atoms with van der Waals surface area (Å²) in [6, 6.07) is 35.0. The molecule has 0 fully saturated rings. The Morgan fingerprint density at radius 2 is 0.786 bits per heavy atom. The van der Waals surface area contributed by atoms with Gasteiger partial charge in [0.2, 0.25) is 0 Å². The van der Waals surface area contributed by atoms with Crippen LogP contribution in [-0.2, 0) is 0 Å². The molecule has 0 spiro atoms. The van der Waals surface area contributed by atoms with Gasteiger partial charge in [0.15, 0.2) is 5.78 Å². The van der Waals surface area contributed by atoms with Crippen LogP contribution in [0.5, 0.6) is 0 Å². The zero-order chi connectivity index (χ0) is 19.2. The molecule has 0 aliphatic rings. The number of hydrogen-bond donors (Lipinski definition) is 2. The second-order valence-electron chi connectivity index (χ2n) is 6.47. The third-order valence-corrected chi connectivity index (χ3v) is 4.42. The molecule has 0 bridgehead atoms. The first kappa shape index (κ1) is 17.6. The molecule has 0 saturated heterocycles. The Morgan fingerprint density at radius 3 is 1.29 bits per heavy atom. The van der Waals surface area contributed by atoms with Gasteiger partial charge < -0.3 is 10.6 Å². The Bertz CT molecular complexity index is 1040. The average Bonchev–Trinajstić information content (AvgIpc) is 2.76. The van der Waals surface area contributed by atoms with Gasteiger partial charge in [0.25, 0.3) is 0 Å². The van der Waals surface area contributed by atoms with Crippen LogP contribution in [0.4, 0.5) is 22.7 Å². The van der Waals surface area contributed by atoms with Crippen molar-refractivity contribution in [2.45, 2.75) is 0 Å². The van der Waals surface area contributed by atoms with Gasteiger partial charge >= 0.3 is 0 Å². The van der Waals surface area contributed by atoms with E-state index in [1.165, 1.54) is 0 Å². The Hall–Kier alpha value is -3.85. The Balaban J connectivity index is 1.41. The van der Waals surface area contributed by atoms with Crippen LogP contribution in [0.25, 0.3) is 0 Å². The number of carbonyl (C=O) groups excluding carboxylic acids is 1. The van der Waals surface area contributed by atoms with Crippen LogP contribution in [0.2, 0.25) is 0 Å². The minimum atomic E-state index is 0.0310. The summed E-state index contributed by atoms with van der Waals surface area (Å²) >= 11 is 0. The maximum absolute atomic E-state index is 12.5. The Morgan fingerprint density at radius 1 is 0.429 bits per heavy atom. The lowest BCUT2D eigenvalue weighted by Gasteiger charge is -2.10. The minimum absolute atomic E-state index is 0.0310. The molecule has 3 nitrogen and oxygen atoms in total. The van der Waals surface area contributed by atoms with E-state index < -0.39 is 0 Å². The molecular weight excluding hydrogens is 344 g/mol. The van der Waals surface area contributed by atoms with E-state index >= 15 is 0 Å². The zero-order valence-corrected chi connectivity index (χ0v) is 15.3. The largest absolute Gasteiger partial charge is 0.356 e. The topological polar surface area (TPSA) is 41.1 Å². The second-order valence-corrected chi connectivity index (χ2v) is 6.47. The van der Waals surface area contributed by atoms with Gasteiger partial charge in [-0.25, -0.2) is 0 Å². The van der Waals surface area contributed by atoms with Gasteiger partial charge in [-0.2, -0.15) is 0 Å². The van der Waals surface area contributed by atoms with Crippen molar-refractivity contribution in [3.63, 3.8) is 0 Å². The van der Waals surface area contributed by atoms with Crippen LogP contribution < -0.4 is 10.6 Å². The summed E-state index contributed by atoms with van der Waals surface area (Å²) in [7, 11) is 0. The van der Waals surface area contributed by atoms with Crippen LogP contribution in [-0.4, -0.2) is 5.78 Å². The number of ketones is 1. The fourth-order valence-electron chi connectivity index (χ4n) is 2.95. The van der Waals surface area contributed by atoms with E-state index in [1.54, 1.807) is 0 Å². The van der Waals surface area contributed by atoms with E-state index in [2.05, 4.69) is 10.6 Å². The van der Waals surface area contributed by atoms with Crippen molar-refractivity contribution in [3.8, 4) is 0 Å². The highest BCUT2D eigenvalue weighted by molar-refractivity contribution is 6.09. The molecular formula is C25H20N2O. The van der Waals surface area contributed by atoms with E-state index in [4.69, 9.17) is 0 Å². The van der Waals surface area contributed by atoms with Gasteiger partial charge in [0.05, 0.1) is 0 Å². The summed E-state index contributed by atoms with van der Waals surface area (Å²) < 4.78 is 0. The molecule has 28 heavy (non-hydrogen) atoms. The van der Waals surface area contributed by atoms with Gasteiger partial charge in [-0.3, -0.25) is 4.79 Å². The van der Waals surface area contributed by atoms with Gasteiger partial charge in [0.1, 0.15) is 0 Å². The summed E-state index contributed by atoms with van der Waals surface area (Å²) in [4.78, 5) is 12.5. The van der Waals surface area contributed by atoms with E-state index in [1.807, 2.05) is 109 Å². The van der Waals surface area contributed by atoms with Gasteiger partial charge in [0, 0.05) is 33.9 Å². The first-order valence-electron chi connectivity index (χ1n) is 9.17. The number of carbonyl (C=O) groups is 1. The number of anilines is 4. The third-order valence-electron chi connectivity index (χ3n) is 4.42. The first-order valence-corrected chi connectivity index (χ1v) is 9.17. The maximum atomic E-state index is 12.5. The summed E-state index contributed by atoms with van der Waals surface area (Å²) in [5.41, 5.74) is 5.39. The molecule has 0 unspecified atom stereocenters. The molecule has 0 heterocycles. The highest BCUT2D eigenvalue weighted by Gasteiger charge is 2.08. The maximum Gasteiger partial charge on any atom is 0.193 e. The number of para-hydroxylation sites is 1. The van der Waals surface area contributed by atoms with Gasteiger partial charge in [-0.1, -0.05) is 48.5 Å². The standard InChI is InChI=1S/C25H20N2O/c28-25(19-7-3-1-4-8-19)20-11-13-22(14-12-20)27-24-17-15-23(16-18-24)26-21-9-5-2-6-10-21/h1-18,26-27H. The molecule has 4 rings (SSSR count). The van der Waals surface area contributed by atoms with Crippen molar-refractivity contribution >= 4 is 28.5 Å². The summed E-state index contributed by atoms with van der Waals surface area (Å²) in [6.07, 6.45) is 0. The molecule has 0 aliphatic carbocycles. The summed E-state index contributed by atoms with van der Waals surface area (Å²) in [5, 5.41) is 6.73. The van der Waals surface area contributed by atoms with E-state index in [0.717, 1.165) is 22.7 Å². The molecule has 0 amide bonds. The van der Waals surface area contributed by atoms with Crippen LogP contribution in [0.15, 0.2) is 109 Å². The molecule has 0 aromatic heterocycles. The second kappa shape index (κ2) is 8.23. The molecule has 3 heteroatoms. The molecule has 0 saturated carbocycles. The fourth-order valence-corrected chi connectivity index (χ4v) is 2.95. The van der Waals surface area contributed by atoms with Crippen LogP contribution in [0, 0.1) is 0 Å². The van der Waals surface area contributed by atoms with Crippen LogP contribution in [0.3, 0.4) is 0 Å². The van der Waals surface area contributed by atoms with Crippen LogP contribution >= 0.6 is 0 Å². The highest BCUT2D eigenvalue weighted by Crippen LogP contribution is 2.22. The van der Waals surface area contributed by atoms with Crippen molar-refractivity contribution in [1.29, 1.82) is 0 Å². The lowest BCUT2D eigenvalue weighted by molar-refractivity contribution is 0.103. The number of nitrogens with one attached hydrogen (secondary N) is 2. The van der Waals surface area contributed by atoms with E-state index in [9.17, 15) is 4.79 Å². The molecule has 136 valence electrons. The van der Waals surface area contributed by atoms with Gasteiger partial charge in [-0.15, -0.1) is 0 Å². The number of benzene rings is 4. The minimum Gasteiger partial charge on any atom is -0.356 e. The van der Waals surface area contributed by atoms with Crippen molar-refractivity contribution in [1.82, 2.24) is 0 Å². The molecule has 4 aromatic rings. The average molecular weight is 364 g/mol. The molecule has 0 atom stereocenters. The smallest absolute Gasteiger partial charge is 0.193 e. The van der Waals surface area contributed by atoms with Crippen LogP contribution in [0.1, 0.15) is 15.9 Å². The highest BCUT2D eigenvalue weighted by atomic mass is 16.1. The van der Waals surface area contributed by atoms with E-state index in [-0.39, 0.29) is 5.78 Å². The lowest BCUT2D eigenvalue weighted by Crippen LogP contribution is -2.01. The van der Waals surface area contributed by atoms with E-state index in [0.29, 0.717) is 11.1 Å². The van der Waals surface area contributed by atoms with Crippen molar-refractivity contribution < 1.29 is 4.79 Å². The molecule has 0 radical (unpaired) electrons. The van der Waals surface area contributed by atoms with Crippen molar-refractivity contribution in [2.24, 2.45) is 0 Å². The third kappa shape index (κ3) is 4.27. The first-order chi connectivity index (χ1) is 13.8. The molecule has 4 aromatic carbocycles. The molecule has 0 aliphatic heterocycles. The van der Waals surface area contributed by atoms with Crippen molar-refractivity contribution in [3.05, 3.63) is 120 Å². The Kier molecular flexibility index (Phi) is 5.16. The van der Waals surface area contributed by atoms with Gasteiger partial charge in [-0.05, 0) is 60.7 Å². The quantitative estimate of drug-likeness (QED) is 0.389.